The number of rotatable bonds is 6. The molecule has 1 aliphatic rings. The number of carboxylic acids is 1. The largest absolute Gasteiger partial charge is 0.481 e. The Kier molecular flexibility index (Phi) is 5.89. The summed E-state index contributed by atoms with van der Waals surface area (Å²) < 4.78 is 4.60. The van der Waals surface area contributed by atoms with Crippen LogP contribution in [0.1, 0.15) is 27.2 Å². The van der Waals surface area contributed by atoms with E-state index < -0.39 is 28.5 Å². The minimum absolute atomic E-state index is 0.102. The van der Waals surface area contributed by atoms with E-state index in [1.807, 2.05) is 0 Å². The van der Waals surface area contributed by atoms with Crippen LogP contribution >= 0.6 is 11.8 Å². The van der Waals surface area contributed by atoms with Gasteiger partial charge in [0.1, 0.15) is 5.60 Å². The SMILES string of the molecule is CC(C)(C)OC(=O)N1CC(CC(=O)O)(SCC(O)CO)C1. The summed E-state index contributed by atoms with van der Waals surface area (Å²) in [5.74, 6) is -0.726. The molecule has 1 aliphatic heterocycles. The molecule has 0 saturated carbocycles. The normalized spacial score (nSPS) is 18.8. The number of carboxylic acid groups (broad SMARTS) is 1. The summed E-state index contributed by atoms with van der Waals surface area (Å²) in [6, 6.07) is 0. The summed E-state index contributed by atoms with van der Waals surface area (Å²) in [7, 11) is 0. The maximum atomic E-state index is 11.9. The molecular weight excluding hydrogens is 298 g/mol. The van der Waals surface area contributed by atoms with Crippen LogP contribution < -0.4 is 0 Å². The molecule has 1 unspecified atom stereocenters. The van der Waals surface area contributed by atoms with Crippen LogP contribution in [0.25, 0.3) is 0 Å². The molecule has 0 aliphatic carbocycles. The van der Waals surface area contributed by atoms with Crippen molar-refractivity contribution in [3.8, 4) is 0 Å². The van der Waals surface area contributed by atoms with Crippen molar-refractivity contribution < 1.29 is 29.6 Å². The minimum Gasteiger partial charge on any atom is -0.481 e. The summed E-state index contributed by atoms with van der Waals surface area (Å²) in [6.07, 6.45) is -1.46. The quantitative estimate of drug-likeness (QED) is 0.655. The molecule has 1 amide bonds. The lowest BCUT2D eigenvalue weighted by Gasteiger charge is -2.49. The van der Waals surface area contributed by atoms with E-state index in [4.69, 9.17) is 14.9 Å². The Labute approximate surface area is 128 Å². The van der Waals surface area contributed by atoms with Gasteiger partial charge in [-0.25, -0.2) is 4.79 Å². The van der Waals surface area contributed by atoms with Gasteiger partial charge in [-0.2, -0.15) is 0 Å². The van der Waals surface area contributed by atoms with Crippen LogP contribution in [-0.4, -0.2) is 74.2 Å². The predicted octanol–water partition coefficient (Wildman–Crippen LogP) is 0.537. The van der Waals surface area contributed by atoms with Gasteiger partial charge >= 0.3 is 12.1 Å². The van der Waals surface area contributed by atoms with E-state index >= 15 is 0 Å². The molecule has 0 spiro atoms. The number of carbonyl (C=O) groups is 2. The van der Waals surface area contributed by atoms with Crippen LogP contribution in [0, 0.1) is 0 Å². The van der Waals surface area contributed by atoms with Gasteiger partial charge in [-0.3, -0.25) is 4.79 Å². The Bertz CT molecular complexity index is 389. The fourth-order valence-corrected chi connectivity index (χ4v) is 3.33. The van der Waals surface area contributed by atoms with Crippen molar-refractivity contribution in [1.29, 1.82) is 0 Å². The Morgan fingerprint density at radius 3 is 2.38 bits per heavy atom. The van der Waals surface area contributed by atoms with Gasteiger partial charge in [0.05, 0.1) is 23.9 Å². The molecule has 1 fully saturated rings. The fourth-order valence-electron chi connectivity index (χ4n) is 1.96. The number of aliphatic carboxylic acids is 1. The lowest BCUT2D eigenvalue weighted by molar-refractivity contribution is -0.138. The summed E-state index contributed by atoms with van der Waals surface area (Å²) in [4.78, 5) is 24.3. The molecule has 8 heteroatoms. The molecular formula is C13H23NO6S. The van der Waals surface area contributed by atoms with Gasteiger partial charge < -0.3 is 25.0 Å². The Balaban J connectivity index is 2.57. The van der Waals surface area contributed by atoms with Gasteiger partial charge in [-0.1, -0.05) is 0 Å². The highest BCUT2D eigenvalue weighted by atomic mass is 32.2. The molecule has 0 aromatic heterocycles. The second-order valence-electron chi connectivity index (χ2n) is 6.24. The van der Waals surface area contributed by atoms with Gasteiger partial charge in [0.25, 0.3) is 0 Å². The zero-order valence-corrected chi connectivity index (χ0v) is 13.4. The van der Waals surface area contributed by atoms with Crippen LogP contribution in [0.4, 0.5) is 4.79 Å². The van der Waals surface area contributed by atoms with Crippen LogP contribution in [0.5, 0.6) is 0 Å². The number of carbonyl (C=O) groups excluding carboxylic acids is 1. The second kappa shape index (κ2) is 6.85. The van der Waals surface area contributed by atoms with E-state index in [2.05, 4.69) is 0 Å². The number of aliphatic hydroxyl groups excluding tert-OH is 2. The molecule has 1 atom stereocenters. The summed E-state index contributed by atoms with van der Waals surface area (Å²) >= 11 is 1.27. The molecule has 0 bridgehead atoms. The van der Waals surface area contributed by atoms with Crippen molar-refractivity contribution in [2.45, 2.75) is 43.6 Å². The van der Waals surface area contributed by atoms with E-state index in [0.717, 1.165) is 0 Å². The van der Waals surface area contributed by atoms with Crippen LogP contribution in [-0.2, 0) is 9.53 Å². The van der Waals surface area contributed by atoms with Crippen molar-refractivity contribution >= 4 is 23.8 Å². The third kappa shape index (κ3) is 5.72. The first-order chi connectivity index (χ1) is 9.57. The molecule has 3 N–H and O–H groups in total. The van der Waals surface area contributed by atoms with E-state index in [-0.39, 0.29) is 31.9 Å². The highest BCUT2D eigenvalue weighted by molar-refractivity contribution is 8.00. The molecule has 0 aromatic carbocycles. The Morgan fingerprint density at radius 2 is 1.95 bits per heavy atom. The molecule has 1 rings (SSSR count). The molecule has 7 nitrogen and oxygen atoms in total. The number of ether oxygens (including phenoxy) is 1. The van der Waals surface area contributed by atoms with Crippen molar-refractivity contribution in [3.05, 3.63) is 0 Å². The predicted molar refractivity (Wildman–Crippen MR) is 78.3 cm³/mol. The lowest BCUT2D eigenvalue weighted by atomic mass is 9.95. The fraction of sp³-hybridized carbons (Fsp3) is 0.846. The van der Waals surface area contributed by atoms with Gasteiger partial charge in [0.2, 0.25) is 0 Å². The number of likely N-dealkylation sites (tertiary alicyclic amines) is 1. The van der Waals surface area contributed by atoms with Gasteiger partial charge in [0, 0.05) is 18.8 Å². The zero-order chi connectivity index (χ0) is 16.3. The second-order valence-corrected chi connectivity index (χ2v) is 7.73. The van der Waals surface area contributed by atoms with Crippen molar-refractivity contribution in [1.82, 2.24) is 4.90 Å². The number of nitrogens with zero attached hydrogens (tertiary/aromatic N) is 1. The molecule has 21 heavy (non-hydrogen) atoms. The number of amides is 1. The highest BCUT2D eigenvalue weighted by Gasteiger charge is 2.48. The average molecular weight is 321 g/mol. The molecule has 0 aromatic rings. The number of hydrogen-bond acceptors (Lipinski definition) is 6. The maximum absolute atomic E-state index is 11.9. The average Bonchev–Trinajstić information content (AvgIpc) is 2.28. The first-order valence-corrected chi connectivity index (χ1v) is 7.68. The van der Waals surface area contributed by atoms with Gasteiger partial charge in [-0.15, -0.1) is 11.8 Å². The third-order valence-electron chi connectivity index (χ3n) is 2.88. The zero-order valence-electron chi connectivity index (χ0n) is 12.5. The number of aliphatic hydroxyl groups is 2. The first kappa shape index (κ1) is 18.1. The number of hydrogen-bond donors (Lipinski definition) is 3. The standard InChI is InChI=1S/C13H23NO6S/c1-12(2,3)20-11(19)14-7-13(8-14,4-10(17)18)21-6-9(16)5-15/h9,15-16H,4-8H2,1-3H3,(H,17,18). The molecule has 122 valence electrons. The summed E-state index contributed by atoms with van der Waals surface area (Å²) in [5.41, 5.74) is -0.595. The monoisotopic (exact) mass is 321 g/mol. The van der Waals surface area contributed by atoms with Crippen LogP contribution in [0.15, 0.2) is 0 Å². The van der Waals surface area contributed by atoms with E-state index in [1.54, 1.807) is 20.8 Å². The van der Waals surface area contributed by atoms with E-state index in [9.17, 15) is 14.7 Å². The smallest absolute Gasteiger partial charge is 0.410 e. The maximum Gasteiger partial charge on any atom is 0.410 e. The minimum atomic E-state index is -0.954. The Hall–Kier alpha value is -0.990. The number of thioether (sulfide) groups is 1. The summed E-state index contributed by atoms with van der Waals surface area (Å²) in [5, 5.41) is 27.2. The molecule has 1 saturated heterocycles. The van der Waals surface area contributed by atoms with E-state index in [1.165, 1.54) is 16.7 Å². The highest BCUT2D eigenvalue weighted by Crippen LogP contribution is 2.39. The van der Waals surface area contributed by atoms with Gasteiger partial charge in [0.15, 0.2) is 0 Å². The lowest BCUT2D eigenvalue weighted by Crippen LogP contribution is -2.63. The van der Waals surface area contributed by atoms with Crippen molar-refractivity contribution in [3.63, 3.8) is 0 Å². The van der Waals surface area contributed by atoms with Crippen LogP contribution in [0.3, 0.4) is 0 Å². The molecule has 1 heterocycles. The first-order valence-electron chi connectivity index (χ1n) is 6.69. The van der Waals surface area contributed by atoms with Crippen molar-refractivity contribution in [2.24, 2.45) is 0 Å². The van der Waals surface area contributed by atoms with E-state index in [0.29, 0.717) is 0 Å². The van der Waals surface area contributed by atoms with Crippen LogP contribution in [0.2, 0.25) is 0 Å². The van der Waals surface area contributed by atoms with Crippen molar-refractivity contribution in [2.75, 3.05) is 25.4 Å². The van der Waals surface area contributed by atoms with Gasteiger partial charge in [-0.05, 0) is 20.8 Å². The third-order valence-corrected chi connectivity index (χ3v) is 4.44. The topological polar surface area (TPSA) is 107 Å². The Morgan fingerprint density at radius 1 is 1.38 bits per heavy atom. The summed E-state index contributed by atoms with van der Waals surface area (Å²) in [6.45, 7) is 5.45. The molecule has 0 radical (unpaired) electrons.